The zero-order valence-corrected chi connectivity index (χ0v) is 31.3. The van der Waals surface area contributed by atoms with Gasteiger partial charge in [0.15, 0.2) is 0 Å². The largest absolute Gasteiger partial charge is 0.491 e. The Hall–Kier alpha value is -5.03. The fourth-order valence-electron chi connectivity index (χ4n) is 7.40. The van der Waals surface area contributed by atoms with Gasteiger partial charge in [-0.3, -0.25) is 23.9 Å². The summed E-state index contributed by atoms with van der Waals surface area (Å²) in [6.07, 6.45) is 7.99. The first-order chi connectivity index (χ1) is 26.5. The number of carbonyl (C=O) groups excluding carboxylic acids is 5. The molecule has 0 spiro atoms. The van der Waals surface area contributed by atoms with Crippen LogP contribution in [0.1, 0.15) is 68.3 Å². The Kier molecular flexibility index (Phi) is 11.4. The first kappa shape index (κ1) is 38.3. The molecule has 1 saturated heterocycles. The van der Waals surface area contributed by atoms with Crippen LogP contribution < -0.4 is 30.7 Å². The molecule has 17 heteroatoms. The molecule has 2 aliphatic carbocycles. The maximum atomic E-state index is 14.4. The SMILES string of the molecule is O=C1NCCOCCOc2cccc(c2)-c2cccc(n2)C(=O)N[C@@H]2C[C@H]3C(=O)N[C@]4(C(=O)NS(=O)(=O)C5CC5)C[C@@H]4/C=C\CCCCC[C@H](N1)C(=O)N3C2. The first-order valence-corrected chi connectivity index (χ1v) is 20.6. The molecule has 3 fully saturated rings. The van der Waals surface area contributed by atoms with Crippen molar-refractivity contribution < 1.29 is 41.9 Å². The highest BCUT2D eigenvalue weighted by atomic mass is 32.2. The van der Waals surface area contributed by atoms with Gasteiger partial charge in [0.2, 0.25) is 21.8 Å². The molecule has 5 atom stereocenters. The number of amides is 6. The summed E-state index contributed by atoms with van der Waals surface area (Å²) < 4.78 is 39.3. The summed E-state index contributed by atoms with van der Waals surface area (Å²) in [5.74, 6) is -2.37. The van der Waals surface area contributed by atoms with Crippen LogP contribution in [0, 0.1) is 5.92 Å². The number of hydrogen-bond donors (Lipinski definition) is 5. The second kappa shape index (κ2) is 16.4. The molecule has 6 amide bonds. The molecule has 2 saturated carbocycles. The van der Waals surface area contributed by atoms with Crippen molar-refractivity contribution in [2.45, 2.75) is 86.7 Å². The summed E-state index contributed by atoms with van der Waals surface area (Å²) in [5, 5.41) is 10.7. The molecule has 55 heavy (non-hydrogen) atoms. The van der Waals surface area contributed by atoms with Gasteiger partial charge in [0.05, 0.1) is 24.2 Å². The van der Waals surface area contributed by atoms with Crippen LogP contribution in [0.5, 0.6) is 5.75 Å². The van der Waals surface area contributed by atoms with Crippen molar-refractivity contribution >= 4 is 39.7 Å². The molecule has 0 unspecified atom stereocenters. The van der Waals surface area contributed by atoms with Crippen LogP contribution in [0.25, 0.3) is 11.3 Å². The number of sulfonamides is 1. The van der Waals surface area contributed by atoms with Gasteiger partial charge >= 0.3 is 6.03 Å². The van der Waals surface area contributed by atoms with Crippen LogP contribution in [0.2, 0.25) is 0 Å². The smallest absolute Gasteiger partial charge is 0.315 e. The van der Waals surface area contributed by atoms with Gasteiger partial charge in [0, 0.05) is 30.6 Å². The lowest BCUT2D eigenvalue weighted by Gasteiger charge is -2.30. The molecule has 2 aromatic rings. The third-order valence-electron chi connectivity index (χ3n) is 10.7. The summed E-state index contributed by atoms with van der Waals surface area (Å²) in [4.78, 5) is 75.1. The average Bonchev–Trinajstić information content (AvgIpc) is 4.10. The highest BCUT2D eigenvalue weighted by molar-refractivity contribution is 7.91. The van der Waals surface area contributed by atoms with Crippen molar-refractivity contribution in [3.8, 4) is 17.0 Å². The number of nitrogens with one attached hydrogen (secondary N) is 5. The van der Waals surface area contributed by atoms with E-state index in [-0.39, 0.29) is 51.4 Å². The molecule has 4 heterocycles. The lowest BCUT2D eigenvalue weighted by molar-refractivity contribution is -0.141. The van der Waals surface area contributed by atoms with E-state index in [1.54, 1.807) is 30.3 Å². The highest BCUT2D eigenvalue weighted by Crippen LogP contribution is 2.46. The van der Waals surface area contributed by atoms with E-state index in [0.29, 0.717) is 43.5 Å². The Morgan fingerprint density at radius 1 is 0.945 bits per heavy atom. The summed E-state index contributed by atoms with van der Waals surface area (Å²) in [5.41, 5.74) is -0.146. The van der Waals surface area contributed by atoms with Crippen LogP contribution in [-0.2, 0) is 29.1 Å². The molecule has 7 bridgehead atoms. The molecular formula is C38H47N7O9S. The zero-order valence-electron chi connectivity index (χ0n) is 30.5. The molecule has 3 aliphatic heterocycles. The number of carbonyl (C=O) groups is 5. The molecule has 1 aromatic heterocycles. The van der Waals surface area contributed by atoms with Crippen molar-refractivity contribution in [2.75, 3.05) is 32.9 Å². The summed E-state index contributed by atoms with van der Waals surface area (Å²) in [6, 6.07) is 8.89. The Bertz CT molecular complexity index is 1950. The number of fused-ring (bicyclic) bond motifs is 8. The van der Waals surface area contributed by atoms with E-state index in [4.69, 9.17) is 9.47 Å². The van der Waals surface area contributed by atoms with Crippen molar-refractivity contribution in [3.05, 3.63) is 60.3 Å². The van der Waals surface area contributed by atoms with E-state index in [1.807, 2.05) is 24.3 Å². The molecular weight excluding hydrogens is 731 g/mol. The van der Waals surface area contributed by atoms with Gasteiger partial charge < -0.3 is 35.6 Å². The number of benzene rings is 1. The molecule has 16 nitrogen and oxygen atoms in total. The van der Waals surface area contributed by atoms with Crippen molar-refractivity contribution in [2.24, 2.45) is 5.92 Å². The summed E-state index contributed by atoms with van der Waals surface area (Å²) in [6.45, 7) is 0.829. The quantitative estimate of drug-likeness (QED) is 0.284. The lowest BCUT2D eigenvalue weighted by atomic mass is 10.0. The topological polar surface area (TPSA) is 214 Å². The third-order valence-corrected chi connectivity index (χ3v) is 12.5. The average molecular weight is 778 g/mol. The summed E-state index contributed by atoms with van der Waals surface area (Å²) >= 11 is 0. The minimum atomic E-state index is -3.91. The number of rotatable bonds is 3. The van der Waals surface area contributed by atoms with E-state index in [1.165, 1.54) is 4.90 Å². The Morgan fingerprint density at radius 3 is 2.60 bits per heavy atom. The highest BCUT2D eigenvalue weighted by Gasteiger charge is 2.62. The molecule has 1 aromatic carbocycles. The van der Waals surface area contributed by atoms with Gasteiger partial charge in [-0.15, -0.1) is 0 Å². The fourth-order valence-corrected chi connectivity index (χ4v) is 8.76. The zero-order chi connectivity index (χ0) is 38.6. The predicted molar refractivity (Wildman–Crippen MR) is 199 cm³/mol. The van der Waals surface area contributed by atoms with Gasteiger partial charge in [0.1, 0.15) is 35.7 Å². The number of nitrogens with zero attached hydrogens (tertiary/aromatic N) is 2. The van der Waals surface area contributed by atoms with Crippen molar-refractivity contribution in [3.63, 3.8) is 0 Å². The van der Waals surface area contributed by atoms with E-state index in [2.05, 4.69) is 31.0 Å². The Balaban J connectivity index is 1.18. The van der Waals surface area contributed by atoms with Crippen LogP contribution in [0.4, 0.5) is 4.79 Å². The number of hydrogen-bond acceptors (Lipinski definition) is 10. The number of pyridine rings is 1. The van der Waals surface area contributed by atoms with Gasteiger partial charge in [0.25, 0.3) is 11.8 Å². The maximum Gasteiger partial charge on any atom is 0.315 e. The monoisotopic (exact) mass is 777 g/mol. The second-order valence-corrected chi connectivity index (χ2v) is 16.7. The number of ether oxygens (including phenoxy) is 2. The predicted octanol–water partition coefficient (Wildman–Crippen LogP) is 1.53. The maximum absolute atomic E-state index is 14.4. The van der Waals surface area contributed by atoms with E-state index in [9.17, 15) is 32.4 Å². The van der Waals surface area contributed by atoms with Crippen molar-refractivity contribution in [1.29, 1.82) is 0 Å². The van der Waals surface area contributed by atoms with Gasteiger partial charge in [-0.1, -0.05) is 43.2 Å². The molecule has 294 valence electrons. The fraction of sp³-hybridized carbons (Fsp3) is 0.526. The normalized spacial score (nSPS) is 28.8. The Morgan fingerprint density at radius 2 is 1.76 bits per heavy atom. The first-order valence-electron chi connectivity index (χ1n) is 19.0. The van der Waals surface area contributed by atoms with Gasteiger partial charge in [-0.25, -0.2) is 18.2 Å². The molecule has 0 radical (unpaired) electrons. The summed E-state index contributed by atoms with van der Waals surface area (Å²) in [7, 11) is -3.91. The molecule has 7 rings (SSSR count). The molecule has 5 aliphatic rings. The second-order valence-electron chi connectivity index (χ2n) is 14.8. The van der Waals surface area contributed by atoms with Crippen molar-refractivity contribution in [1.82, 2.24) is 35.9 Å². The van der Waals surface area contributed by atoms with Crippen LogP contribution >= 0.6 is 0 Å². The number of aromatic nitrogens is 1. The number of urea groups is 1. The van der Waals surface area contributed by atoms with Crippen LogP contribution in [0.15, 0.2) is 54.6 Å². The van der Waals surface area contributed by atoms with Crippen LogP contribution in [0.3, 0.4) is 0 Å². The van der Waals surface area contributed by atoms with E-state index in [0.717, 1.165) is 18.4 Å². The number of allylic oxidation sites excluding steroid dienone is 1. The van der Waals surface area contributed by atoms with Crippen LogP contribution in [-0.4, -0.2) is 110 Å². The molecule has 5 N–H and O–H groups in total. The third kappa shape index (κ3) is 9.10. The van der Waals surface area contributed by atoms with Gasteiger partial charge in [-0.2, -0.15) is 0 Å². The lowest BCUT2D eigenvalue weighted by Crippen LogP contribution is -2.58. The van der Waals surface area contributed by atoms with E-state index < -0.39 is 74.5 Å². The standard InChI is InChI=1S/C38H47N7O9S/c46-33-30-13-7-12-29(41-30)24-8-6-10-27(20-24)54-19-18-53-17-16-39-37(50)42-31-11-5-3-1-2-4-9-25-22-38(25,36(49)44-55(51,52)28-14-15-28)43-34(47)32-21-26(40-33)23-45(32)35(31)48/h4,6-10,12-13,20,25-26,28,31-32H,1-3,5,11,14-19,21-23H2,(H,40,46)(H,43,47)(H,44,49)(H2,39,42,50)/b9-4-/t25-,26+,31-,32-,38+/m0/s1. The minimum absolute atomic E-state index is 0.00276. The van der Waals surface area contributed by atoms with E-state index >= 15 is 0 Å². The minimum Gasteiger partial charge on any atom is -0.491 e. The van der Waals surface area contributed by atoms with Gasteiger partial charge in [-0.05, 0) is 69.2 Å². The Labute approximate surface area is 319 Å².